The number of hydrogen-bond donors (Lipinski definition) is 1. The zero-order chi connectivity index (χ0) is 12.4. The molecule has 0 aliphatic heterocycles. The Hall–Kier alpha value is -2.21. The summed E-state index contributed by atoms with van der Waals surface area (Å²) < 4.78 is 5.19. The van der Waals surface area contributed by atoms with Crippen molar-refractivity contribution in [3.05, 3.63) is 46.6 Å². The highest BCUT2D eigenvalue weighted by atomic mass is 32.1. The van der Waals surface area contributed by atoms with Crippen molar-refractivity contribution < 1.29 is 4.52 Å². The van der Waals surface area contributed by atoms with Gasteiger partial charge in [-0.05, 0) is 17.7 Å². The van der Waals surface area contributed by atoms with Gasteiger partial charge in [-0.25, -0.2) is 4.98 Å². The van der Waals surface area contributed by atoms with Crippen LogP contribution in [0.25, 0.3) is 11.5 Å². The zero-order valence-electron chi connectivity index (χ0n) is 9.41. The van der Waals surface area contributed by atoms with Crippen LogP contribution in [-0.4, -0.2) is 15.1 Å². The lowest BCUT2D eigenvalue weighted by Crippen LogP contribution is -1.91. The highest BCUT2D eigenvalue weighted by molar-refractivity contribution is 7.07. The topological polar surface area (TPSA) is 77.8 Å². The molecule has 18 heavy (non-hydrogen) atoms. The first-order valence-corrected chi connectivity index (χ1v) is 6.31. The summed E-state index contributed by atoms with van der Waals surface area (Å²) in [6.45, 7) is 0. The van der Waals surface area contributed by atoms with Crippen molar-refractivity contribution in [1.29, 1.82) is 0 Å². The van der Waals surface area contributed by atoms with Crippen LogP contribution in [0.1, 0.15) is 11.5 Å². The van der Waals surface area contributed by atoms with Gasteiger partial charge in [0.05, 0.1) is 11.9 Å². The number of nitrogens with two attached hydrogens (primary N) is 1. The summed E-state index contributed by atoms with van der Waals surface area (Å²) >= 11 is 1.50. The molecule has 3 rings (SSSR count). The van der Waals surface area contributed by atoms with Crippen molar-refractivity contribution in [2.45, 2.75) is 6.42 Å². The molecule has 0 aliphatic carbocycles. The van der Waals surface area contributed by atoms with Crippen molar-refractivity contribution >= 4 is 17.0 Å². The quantitative estimate of drug-likeness (QED) is 0.730. The first kappa shape index (κ1) is 10.9. The van der Waals surface area contributed by atoms with Crippen LogP contribution in [0.15, 0.2) is 39.7 Å². The Balaban J connectivity index is 1.82. The molecule has 6 heteroatoms. The molecule has 3 aromatic rings. The first-order valence-electron chi connectivity index (χ1n) is 5.37. The van der Waals surface area contributed by atoms with Crippen LogP contribution in [0.5, 0.6) is 0 Å². The molecule has 0 spiro atoms. The Labute approximate surface area is 107 Å². The van der Waals surface area contributed by atoms with Crippen LogP contribution >= 0.6 is 11.3 Å². The minimum absolute atomic E-state index is 0.523. The van der Waals surface area contributed by atoms with Crippen LogP contribution in [-0.2, 0) is 6.42 Å². The summed E-state index contributed by atoms with van der Waals surface area (Å²) in [7, 11) is 0. The SMILES string of the molecule is Nc1cccc(Cc2nc(-c3cscn3)no2)c1. The van der Waals surface area contributed by atoms with E-state index >= 15 is 0 Å². The maximum atomic E-state index is 5.72. The third-order valence-corrected chi connectivity index (χ3v) is 3.02. The molecule has 5 nitrogen and oxygen atoms in total. The van der Waals surface area contributed by atoms with Gasteiger partial charge >= 0.3 is 0 Å². The number of anilines is 1. The standard InChI is InChI=1S/C12H10N4OS/c13-9-3-1-2-8(4-9)5-11-15-12(16-17-11)10-6-18-7-14-10/h1-4,6-7H,5,13H2. The van der Waals surface area contributed by atoms with E-state index in [4.69, 9.17) is 10.3 Å². The van der Waals surface area contributed by atoms with Crippen molar-refractivity contribution in [1.82, 2.24) is 15.1 Å². The van der Waals surface area contributed by atoms with Gasteiger partial charge in [-0.2, -0.15) is 4.98 Å². The van der Waals surface area contributed by atoms with E-state index in [9.17, 15) is 0 Å². The molecule has 0 radical (unpaired) electrons. The molecule has 0 amide bonds. The smallest absolute Gasteiger partial charge is 0.231 e. The van der Waals surface area contributed by atoms with Gasteiger partial charge in [0.1, 0.15) is 5.69 Å². The van der Waals surface area contributed by atoms with Gasteiger partial charge in [-0.1, -0.05) is 17.3 Å². The van der Waals surface area contributed by atoms with E-state index < -0.39 is 0 Å². The summed E-state index contributed by atoms with van der Waals surface area (Å²) in [6.07, 6.45) is 0.572. The lowest BCUT2D eigenvalue weighted by molar-refractivity contribution is 0.385. The fourth-order valence-electron chi connectivity index (χ4n) is 1.63. The molecule has 2 aromatic heterocycles. The number of aromatic nitrogens is 3. The van der Waals surface area contributed by atoms with Crippen LogP contribution in [0, 0.1) is 0 Å². The molecule has 0 unspecified atom stereocenters. The average Bonchev–Trinajstić information content (AvgIpc) is 2.98. The molecule has 0 saturated heterocycles. The molecule has 2 N–H and O–H groups in total. The Kier molecular flexibility index (Phi) is 2.77. The van der Waals surface area contributed by atoms with Gasteiger partial charge in [0.25, 0.3) is 0 Å². The third kappa shape index (κ3) is 2.23. The Morgan fingerprint density at radius 1 is 1.33 bits per heavy atom. The second-order valence-corrected chi connectivity index (χ2v) is 4.53. The Morgan fingerprint density at radius 3 is 3.06 bits per heavy atom. The molecule has 2 heterocycles. The number of nitrogens with zero attached hydrogens (tertiary/aromatic N) is 3. The molecule has 0 aliphatic rings. The number of hydrogen-bond acceptors (Lipinski definition) is 6. The zero-order valence-corrected chi connectivity index (χ0v) is 10.2. The summed E-state index contributed by atoms with van der Waals surface area (Å²) in [5.41, 5.74) is 9.97. The van der Waals surface area contributed by atoms with Crippen molar-refractivity contribution in [2.75, 3.05) is 5.73 Å². The van der Waals surface area contributed by atoms with Gasteiger partial charge in [0, 0.05) is 11.1 Å². The van der Waals surface area contributed by atoms with Crippen LogP contribution in [0.3, 0.4) is 0 Å². The molecule has 1 aromatic carbocycles. The molecular formula is C12H10N4OS. The number of nitrogen functional groups attached to an aromatic ring is 1. The molecule has 0 fully saturated rings. The lowest BCUT2D eigenvalue weighted by Gasteiger charge is -1.97. The number of rotatable bonds is 3. The fraction of sp³-hybridized carbons (Fsp3) is 0.0833. The van der Waals surface area contributed by atoms with Crippen molar-refractivity contribution in [3.63, 3.8) is 0 Å². The number of thiazole rings is 1. The normalized spacial score (nSPS) is 10.7. The maximum absolute atomic E-state index is 5.72. The van der Waals surface area contributed by atoms with Crippen LogP contribution < -0.4 is 5.73 Å². The molecule has 0 saturated carbocycles. The average molecular weight is 258 g/mol. The predicted molar refractivity (Wildman–Crippen MR) is 69.1 cm³/mol. The van der Waals surface area contributed by atoms with Gasteiger partial charge < -0.3 is 10.3 Å². The van der Waals surface area contributed by atoms with E-state index in [1.807, 2.05) is 29.6 Å². The largest absolute Gasteiger partial charge is 0.399 e. The van der Waals surface area contributed by atoms with E-state index in [1.54, 1.807) is 5.51 Å². The van der Waals surface area contributed by atoms with Gasteiger partial charge in [-0.15, -0.1) is 11.3 Å². The van der Waals surface area contributed by atoms with E-state index in [-0.39, 0.29) is 0 Å². The third-order valence-electron chi connectivity index (χ3n) is 2.44. The van der Waals surface area contributed by atoms with Crippen LogP contribution in [0.2, 0.25) is 0 Å². The second-order valence-electron chi connectivity index (χ2n) is 3.81. The monoisotopic (exact) mass is 258 g/mol. The molecule has 0 atom stereocenters. The predicted octanol–water partition coefficient (Wildman–Crippen LogP) is 2.37. The van der Waals surface area contributed by atoms with Crippen molar-refractivity contribution in [3.8, 4) is 11.5 Å². The molecule has 90 valence electrons. The maximum Gasteiger partial charge on any atom is 0.231 e. The summed E-state index contributed by atoms with van der Waals surface area (Å²) in [6, 6.07) is 7.62. The van der Waals surface area contributed by atoms with E-state index in [0.717, 1.165) is 16.9 Å². The van der Waals surface area contributed by atoms with Gasteiger partial charge in [0.15, 0.2) is 0 Å². The minimum Gasteiger partial charge on any atom is -0.399 e. The first-order chi connectivity index (χ1) is 8.81. The highest BCUT2D eigenvalue weighted by Crippen LogP contribution is 2.17. The van der Waals surface area contributed by atoms with Crippen LogP contribution in [0.4, 0.5) is 5.69 Å². The summed E-state index contributed by atoms with van der Waals surface area (Å²) in [5, 5.41) is 5.79. The van der Waals surface area contributed by atoms with Gasteiger partial charge in [-0.3, -0.25) is 0 Å². The molecule has 0 bridgehead atoms. The van der Waals surface area contributed by atoms with E-state index in [0.29, 0.717) is 18.1 Å². The lowest BCUT2D eigenvalue weighted by atomic mass is 10.1. The number of benzene rings is 1. The van der Waals surface area contributed by atoms with E-state index in [1.165, 1.54) is 11.3 Å². The van der Waals surface area contributed by atoms with Crippen molar-refractivity contribution in [2.24, 2.45) is 0 Å². The fourth-order valence-corrected chi connectivity index (χ4v) is 2.16. The summed E-state index contributed by atoms with van der Waals surface area (Å²) in [5.74, 6) is 1.08. The molecular weight excluding hydrogens is 248 g/mol. The minimum atomic E-state index is 0.523. The Bertz CT molecular complexity index is 648. The second kappa shape index (κ2) is 4.58. The highest BCUT2D eigenvalue weighted by Gasteiger charge is 2.10. The van der Waals surface area contributed by atoms with E-state index in [2.05, 4.69) is 15.1 Å². The Morgan fingerprint density at radius 2 is 2.28 bits per heavy atom. The summed E-state index contributed by atoms with van der Waals surface area (Å²) in [4.78, 5) is 8.44. The van der Waals surface area contributed by atoms with Gasteiger partial charge in [0.2, 0.25) is 11.7 Å².